The molecule has 0 atom stereocenters. The van der Waals surface area contributed by atoms with Gasteiger partial charge < -0.3 is 10.6 Å². The minimum atomic E-state index is -0.312. The summed E-state index contributed by atoms with van der Waals surface area (Å²) in [5, 5.41) is 10.9. The van der Waals surface area contributed by atoms with Crippen LogP contribution >= 0.6 is 0 Å². The van der Waals surface area contributed by atoms with Gasteiger partial charge in [-0.25, -0.2) is 9.67 Å². The lowest BCUT2D eigenvalue weighted by Gasteiger charge is -2.13. The van der Waals surface area contributed by atoms with Gasteiger partial charge in [0.05, 0.1) is 30.2 Å². The van der Waals surface area contributed by atoms with Gasteiger partial charge in [-0.2, -0.15) is 5.10 Å². The van der Waals surface area contributed by atoms with Gasteiger partial charge >= 0.3 is 0 Å². The van der Waals surface area contributed by atoms with Crippen LogP contribution in [0.3, 0.4) is 0 Å². The van der Waals surface area contributed by atoms with Crippen LogP contribution in [0.2, 0.25) is 0 Å². The van der Waals surface area contributed by atoms with E-state index in [9.17, 15) is 9.59 Å². The number of hydrogen-bond donors (Lipinski definition) is 2. The zero-order valence-corrected chi connectivity index (χ0v) is 20.1. The van der Waals surface area contributed by atoms with Crippen LogP contribution in [-0.4, -0.2) is 38.1 Å². The van der Waals surface area contributed by atoms with Gasteiger partial charge in [0.2, 0.25) is 5.91 Å². The second-order valence-corrected chi connectivity index (χ2v) is 9.27. The Morgan fingerprint density at radius 1 is 1.09 bits per heavy atom. The number of rotatable bonds is 7. The average molecular weight is 469 g/mol. The lowest BCUT2D eigenvalue weighted by atomic mass is 10.1. The number of carbonyl (C=O) groups excluding carboxylic acids is 2. The topological polar surface area (TPSA) is 102 Å². The number of nitrogens with zero attached hydrogens (tertiary/aromatic N) is 4. The summed E-state index contributed by atoms with van der Waals surface area (Å²) in [5.41, 5.74) is 6.97. The highest BCUT2D eigenvalue weighted by atomic mass is 16.2. The number of benzene rings is 1. The van der Waals surface area contributed by atoms with Crippen LogP contribution in [0.15, 0.2) is 48.9 Å². The first-order valence-corrected chi connectivity index (χ1v) is 11.8. The molecular formula is C27H28N6O2. The Kier molecular flexibility index (Phi) is 6.03. The van der Waals surface area contributed by atoms with Gasteiger partial charge in [-0.3, -0.25) is 14.6 Å². The van der Waals surface area contributed by atoms with E-state index in [2.05, 4.69) is 20.7 Å². The third-order valence-corrected chi connectivity index (χ3v) is 6.28. The molecule has 3 heterocycles. The highest BCUT2D eigenvalue weighted by molar-refractivity contribution is 6.07. The van der Waals surface area contributed by atoms with E-state index < -0.39 is 0 Å². The van der Waals surface area contributed by atoms with Crippen molar-refractivity contribution in [3.8, 4) is 0 Å². The summed E-state index contributed by atoms with van der Waals surface area (Å²) in [7, 11) is 0. The monoisotopic (exact) mass is 468 g/mol. The number of carbonyl (C=O) groups is 2. The maximum absolute atomic E-state index is 13.2. The molecule has 1 fully saturated rings. The number of amides is 2. The van der Waals surface area contributed by atoms with Crippen molar-refractivity contribution < 1.29 is 9.59 Å². The molecule has 0 bridgehead atoms. The Balaban J connectivity index is 1.36. The Morgan fingerprint density at radius 3 is 2.54 bits per heavy atom. The number of aryl methyl sites for hydroxylation is 3. The second-order valence-electron chi connectivity index (χ2n) is 9.27. The highest BCUT2D eigenvalue weighted by Gasteiger charge is 2.28. The van der Waals surface area contributed by atoms with Crippen LogP contribution in [0.5, 0.6) is 0 Å². The standard InChI is InChI=1S/C27H28N6O2/c1-16-9-17(2)25(18(3)10-16)32-24(34)14-29-27(35)21-11-23(20-6-7-20)31-26-22(21)13-30-33(26)15-19-5-4-8-28-12-19/h4-5,8-13,20H,6-7,14-15H2,1-3H3,(H,29,35)(H,32,34). The van der Waals surface area contributed by atoms with Crippen LogP contribution < -0.4 is 10.6 Å². The molecule has 1 aliphatic rings. The van der Waals surface area contributed by atoms with E-state index in [1.54, 1.807) is 23.3 Å². The van der Waals surface area contributed by atoms with Gasteiger partial charge in [-0.05, 0) is 62.4 Å². The van der Waals surface area contributed by atoms with Gasteiger partial charge in [0.1, 0.15) is 0 Å². The predicted molar refractivity (Wildman–Crippen MR) is 134 cm³/mol. The molecule has 4 aromatic rings. The van der Waals surface area contributed by atoms with Gasteiger partial charge in [-0.1, -0.05) is 23.8 Å². The smallest absolute Gasteiger partial charge is 0.252 e. The largest absolute Gasteiger partial charge is 0.343 e. The highest BCUT2D eigenvalue weighted by Crippen LogP contribution is 2.40. The zero-order chi connectivity index (χ0) is 24.5. The van der Waals surface area contributed by atoms with Crippen molar-refractivity contribution in [3.63, 3.8) is 0 Å². The molecule has 2 amide bonds. The van der Waals surface area contributed by atoms with Gasteiger partial charge in [0.15, 0.2) is 5.65 Å². The number of anilines is 1. The van der Waals surface area contributed by atoms with Crippen molar-refractivity contribution in [2.45, 2.75) is 46.1 Å². The fraction of sp³-hybridized carbons (Fsp3) is 0.296. The van der Waals surface area contributed by atoms with E-state index in [1.165, 1.54) is 0 Å². The molecule has 1 aromatic carbocycles. The molecule has 0 spiro atoms. The first kappa shape index (κ1) is 22.7. The van der Waals surface area contributed by atoms with Crippen LogP contribution in [-0.2, 0) is 11.3 Å². The van der Waals surface area contributed by atoms with Crippen LogP contribution in [0.25, 0.3) is 11.0 Å². The quantitative estimate of drug-likeness (QED) is 0.426. The molecule has 178 valence electrons. The molecule has 0 aliphatic heterocycles. The molecule has 0 saturated heterocycles. The summed E-state index contributed by atoms with van der Waals surface area (Å²) in [6.45, 7) is 6.33. The van der Waals surface area contributed by atoms with E-state index in [0.29, 0.717) is 29.1 Å². The number of pyridine rings is 2. The third kappa shape index (κ3) is 4.91. The summed E-state index contributed by atoms with van der Waals surface area (Å²) in [6, 6.07) is 9.76. The lowest BCUT2D eigenvalue weighted by molar-refractivity contribution is -0.115. The molecule has 0 radical (unpaired) electrons. The molecule has 1 aliphatic carbocycles. The van der Waals surface area contributed by atoms with Crippen LogP contribution in [0.1, 0.15) is 57.1 Å². The minimum Gasteiger partial charge on any atom is -0.343 e. The lowest BCUT2D eigenvalue weighted by Crippen LogP contribution is -2.33. The van der Waals surface area contributed by atoms with Crippen LogP contribution in [0, 0.1) is 20.8 Å². The molecule has 2 N–H and O–H groups in total. The Hall–Kier alpha value is -4.07. The Labute approximate surface area is 203 Å². The minimum absolute atomic E-state index is 0.127. The molecule has 3 aromatic heterocycles. The van der Waals surface area contributed by atoms with Crippen molar-refractivity contribution in [3.05, 3.63) is 82.4 Å². The second kappa shape index (κ2) is 9.29. The van der Waals surface area contributed by atoms with E-state index >= 15 is 0 Å². The van der Waals surface area contributed by atoms with Crippen molar-refractivity contribution in [1.29, 1.82) is 0 Å². The van der Waals surface area contributed by atoms with Crippen LogP contribution in [0.4, 0.5) is 5.69 Å². The number of nitrogens with one attached hydrogen (secondary N) is 2. The summed E-state index contributed by atoms with van der Waals surface area (Å²) in [5.74, 6) is -0.218. The van der Waals surface area contributed by atoms with Gasteiger partial charge in [0.25, 0.3) is 5.91 Å². The SMILES string of the molecule is Cc1cc(C)c(NC(=O)CNC(=O)c2cc(C3CC3)nc3c2cnn3Cc2cccnc2)c(C)c1. The summed E-state index contributed by atoms with van der Waals surface area (Å²) in [4.78, 5) is 34.8. The van der Waals surface area contributed by atoms with E-state index in [1.807, 2.05) is 51.1 Å². The molecule has 1 saturated carbocycles. The maximum Gasteiger partial charge on any atom is 0.252 e. The summed E-state index contributed by atoms with van der Waals surface area (Å²) in [6.07, 6.45) is 7.32. The number of aromatic nitrogens is 4. The molecule has 5 rings (SSSR count). The first-order valence-electron chi connectivity index (χ1n) is 11.8. The summed E-state index contributed by atoms with van der Waals surface area (Å²) >= 11 is 0. The van der Waals surface area contributed by atoms with Gasteiger partial charge in [-0.15, -0.1) is 0 Å². The van der Waals surface area contributed by atoms with Crippen molar-refractivity contribution in [2.24, 2.45) is 0 Å². The maximum atomic E-state index is 13.2. The van der Waals surface area contributed by atoms with E-state index in [-0.39, 0.29) is 18.4 Å². The molecule has 8 heteroatoms. The fourth-order valence-electron chi connectivity index (χ4n) is 4.44. The normalized spacial score (nSPS) is 13.1. The number of hydrogen-bond acceptors (Lipinski definition) is 5. The first-order chi connectivity index (χ1) is 16.9. The molecule has 8 nitrogen and oxygen atoms in total. The number of fused-ring (bicyclic) bond motifs is 1. The predicted octanol–water partition coefficient (Wildman–Crippen LogP) is 4.05. The Morgan fingerprint density at radius 2 is 1.86 bits per heavy atom. The fourth-order valence-corrected chi connectivity index (χ4v) is 4.44. The molecular weight excluding hydrogens is 440 g/mol. The zero-order valence-electron chi connectivity index (χ0n) is 20.1. The third-order valence-electron chi connectivity index (χ3n) is 6.28. The van der Waals surface area contributed by atoms with Crippen molar-refractivity contribution in [2.75, 3.05) is 11.9 Å². The van der Waals surface area contributed by atoms with Crippen molar-refractivity contribution >= 4 is 28.5 Å². The Bertz CT molecular complexity index is 1400. The molecule has 35 heavy (non-hydrogen) atoms. The van der Waals surface area contributed by atoms with E-state index in [0.717, 1.165) is 46.5 Å². The summed E-state index contributed by atoms with van der Waals surface area (Å²) < 4.78 is 1.80. The molecule has 0 unspecified atom stereocenters. The van der Waals surface area contributed by atoms with Gasteiger partial charge in [0, 0.05) is 29.7 Å². The van der Waals surface area contributed by atoms with E-state index in [4.69, 9.17) is 4.98 Å². The van der Waals surface area contributed by atoms with Crippen molar-refractivity contribution in [1.82, 2.24) is 25.1 Å². The average Bonchev–Trinajstić information content (AvgIpc) is 3.61.